The van der Waals surface area contributed by atoms with Crippen LogP contribution in [0.15, 0.2) is 12.7 Å². The Kier molecular flexibility index (Phi) is 5.43. The molecule has 1 aliphatic rings. The second-order valence-corrected chi connectivity index (χ2v) is 7.77. The molecule has 3 amide bonds. The number of fused-ring (bicyclic) bond motifs is 1. The number of ether oxygens (including phenoxy) is 1. The SMILES string of the molecule is CCN(C(=O)NC(C)(C)C)C(=O)[C@H]1O[C@@H](n2cnc3c(N)ncnc32)[C@H](O)[C@@H]1O. The molecule has 12 nitrogen and oxygen atoms in total. The van der Waals surface area contributed by atoms with Crippen LogP contribution in [0.1, 0.15) is 33.9 Å². The van der Waals surface area contributed by atoms with Crippen molar-refractivity contribution in [2.24, 2.45) is 0 Å². The highest BCUT2D eigenvalue weighted by Crippen LogP contribution is 2.32. The van der Waals surface area contributed by atoms with Gasteiger partial charge in [0.2, 0.25) is 0 Å². The third-order valence-corrected chi connectivity index (χ3v) is 4.45. The standard InChI is InChI=1S/C17H25N7O5/c1-5-23(16(28)22-17(2,3)4)14(27)11-9(25)10(26)15(29-11)24-7-21-8-12(18)19-6-20-13(8)24/h6-7,9-11,15,25-26H,5H2,1-4H3,(H,22,28)(H2,18,19,20)/t9-,10+,11-,15+/m0/s1. The topological polar surface area (TPSA) is 169 Å². The number of amides is 3. The average molecular weight is 407 g/mol. The van der Waals surface area contributed by atoms with E-state index < -0.39 is 42.0 Å². The van der Waals surface area contributed by atoms with Crippen LogP contribution in [0.4, 0.5) is 10.6 Å². The van der Waals surface area contributed by atoms with Gasteiger partial charge in [-0.2, -0.15) is 0 Å². The van der Waals surface area contributed by atoms with E-state index in [4.69, 9.17) is 10.5 Å². The van der Waals surface area contributed by atoms with Crippen molar-refractivity contribution in [2.75, 3.05) is 12.3 Å². The highest BCUT2D eigenvalue weighted by Gasteiger charge is 2.49. The number of carbonyl (C=O) groups excluding carboxylic acids is 2. The molecule has 5 N–H and O–H groups in total. The quantitative estimate of drug-likeness (QED) is 0.518. The molecular weight excluding hydrogens is 382 g/mol. The molecule has 0 radical (unpaired) electrons. The first-order chi connectivity index (χ1) is 13.5. The molecule has 3 heterocycles. The number of aliphatic hydroxyl groups excluding tert-OH is 2. The minimum atomic E-state index is -1.55. The summed E-state index contributed by atoms with van der Waals surface area (Å²) in [5.41, 5.74) is 5.78. The van der Waals surface area contributed by atoms with Crippen molar-refractivity contribution in [1.29, 1.82) is 0 Å². The van der Waals surface area contributed by atoms with E-state index in [0.717, 1.165) is 4.90 Å². The van der Waals surface area contributed by atoms with Crippen molar-refractivity contribution in [3.63, 3.8) is 0 Å². The second kappa shape index (κ2) is 7.54. The zero-order chi connectivity index (χ0) is 21.5. The van der Waals surface area contributed by atoms with E-state index in [-0.39, 0.29) is 18.0 Å². The van der Waals surface area contributed by atoms with Crippen molar-refractivity contribution < 1.29 is 24.5 Å². The molecule has 158 valence electrons. The smallest absolute Gasteiger partial charge is 0.324 e. The predicted octanol–water partition coefficient (Wildman–Crippen LogP) is -0.616. The molecule has 0 bridgehead atoms. The van der Waals surface area contributed by atoms with Gasteiger partial charge in [-0.15, -0.1) is 0 Å². The van der Waals surface area contributed by atoms with E-state index in [9.17, 15) is 19.8 Å². The maximum atomic E-state index is 12.9. The van der Waals surface area contributed by atoms with Crippen molar-refractivity contribution in [3.8, 4) is 0 Å². The molecule has 2 aromatic rings. The summed E-state index contributed by atoms with van der Waals surface area (Å²) in [5, 5.41) is 23.6. The highest BCUT2D eigenvalue weighted by atomic mass is 16.6. The summed E-state index contributed by atoms with van der Waals surface area (Å²) in [5.74, 6) is -0.618. The first-order valence-electron chi connectivity index (χ1n) is 9.13. The zero-order valence-electron chi connectivity index (χ0n) is 16.6. The van der Waals surface area contributed by atoms with E-state index in [1.807, 2.05) is 0 Å². The molecule has 12 heteroatoms. The highest BCUT2D eigenvalue weighted by molar-refractivity contribution is 5.97. The van der Waals surface area contributed by atoms with Crippen LogP contribution >= 0.6 is 0 Å². The molecule has 0 spiro atoms. The van der Waals surface area contributed by atoms with Gasteiger partial charge in [-0.3, -0.25) is 14.3 Å². The van der Waals surface area contributed by atoms with Gasteiger partial charge >= 0.3 is 6.03 Å². The van der Waals surface area contributed by atoms with E-state index in [1.54, 1.807) is 27.7 Å². The third kappa shape index (κ3) is 3.86. The molecule has 0 aromatic carbocycles. The number of anilines is 1. The maximum absolute atomic E-state index is 12.9. The Morgan fingerprint density at radius 2 is 1.97 bits per heavy atom. The van der Waals surface area contributed by atoms with Gasteiger partial charge in [0.25, 0.3) is 5.91 Å². The van der Waals surface area contributed by atoms with Gasteiger partial charge in [-0.25, -0.2) is 19.7 Å². The number of nitrogens with zero attached hydrogens (tertiary/aromatic N) is 5. The summed E-state index contributed by atoms with van der Waals surface area (Å²) in [4.78, 5) is 38.3. The number of nitrogen functional groups attached to an aromatic ring is 1. The monoisotopic (exact) mass is 407 g/mol. The van der Waals surface area contributed by atoms with E-state index in [1.165, 1.54) is 17.2 Å². The summed E-state index contributed by atoms with van der Waals surface area (Å²) in [6.45, 7) is 7.02. The number of likely N-dealkylation sites (N-methyl/N-ethyl adjacent to an activating group) is 1. The fraction of sp³-hybridized carbons (Fsp3) is 0.588. The Morgan fingerprint density at radius 3 is 2.59 bits per heavy atom. The van der Waals surface area contributed by atoms with E-state index in [0.29, 0.717) is 5.52 Å². The molecule has 4 atom stereocenters. The van der Waals surface area contributed by atoms with Gasteiger partial charge in [0.1, 0.15) is 24.1 Å². The number of aliphatic hydroxyl groups is 2. The Bertz CT molecular complexity index is 925. The zero-order valence-corrected chi connectivity index (χ0v) is 16.6. The fourth-order valence-corrected chi connectivity index (χ4v) is 3.09. The van der Waals surface area contributed by atoms with E-state index >= 15 is 0 Å². The van der Waals surface area contributed by atoms with Gasteiger partial charge in [0.15, 0.2) is 23.8 Å². The number of hydrogen-bond donors (Lipinski definition) is 4. The molecule has 1 saturated heterocycles. The number of aromatic nitrogens is 4. The van der Waals surface area contributed by atoms with Crippen LogP contribution in [-0.2, 0) is 9.53 Å². The van der Waals surface area contributed by atoms with Crippen molar-refractivity contribution in [2.45, 2.75) is 57.8 Å². The number of imide groups is 1. The molecule has 29 heavy (non-hydrogen) atoms. The third-order valence-electron chi connectivity index (χ3n) is 4.45. The van der Waals surface area contributed by atoms with Gasteiger partial charge in [-0.1, -0.05) is 0 Å². The minimum Gasteiger partial charge on any atom is -0.387 e. The molecule has 1 aliphatic heterocycles. The molecule has 0 unspecified atom stereocenters. The predicted molar refractivity (Wildman–Crippen MR) is 101 cm³/mol. The van der Waals surface area contributed by atoms with Crippen molar-refractivity contribution in [3.05, 3.63) is 12.7 Å². The van der Waals surface area contributed by atoms with Crippen LogP contribution < -0.4 is 11.1 Å². The maximum Gasteiger partial charge on any atom is 0.324 e. The summed E-state index contributed by atoms with van der Waals surface area (Å²) < 4.78 is 7.01. The lowest BCUT2D eigenvalue weighted by Crippen LogP contribution is -2.54. The number of nitrogens with one attached hydrogen (secondary N) is 1. The first kappa shape index (κ1) is 20.9. The lowest BCUT2D eigenvalue weighted by atomic mass is 10.1. The Morgan fingerprint density at radius 1 is 1.28 bits per heavy atom. The molecule has 0 saturated carbocycles. The molecular formula is C17H25N7O5. The first-order valence-corrected chi connectivity index (χ1v) is 9.13. The normalized spacial score (nSPS) is 24.6. The van der Waals surface area contributed by atoms with Crippen LogP contribution in [0.2, 0.25) is 0 Å². The number of hydrogen-bond acceptors (Lipinski definition) is 9. The second-order valence-electron chi connectivity index (χ2n) is 7.77. The Labute approximate surface area is 166 Å². The van der Waals surface area contributed by atoms with Crippen LogP contribution in [0.25, 0.3) is 11.2 Å². The molecule has 2 aromatic heterocycles. The number of urea groups is 1. The lowest BCUT2D eigenvalue weighted by Gasteiger charge is -2.28. The molecule has 3 rings (SSSR count). The lowest BCUT2D eigenvalue weighted by molar-refractivity contribution is -0.145. The van der Waals surface area contributed by atoms with Crippen LogP contribution in [0, 0.1) is 0 Å². The van der Waals surface area contributed by atoms with Crippen molar-refractivity contribution in [1.82, 2.24) is 29.7 Å². The van der Waals surface area contributed by atoms with Crippen LogP contribution in [0.3, 0.4) is 0 Å². The minimum absolute atomic E-state index is 0.0614. The summed E-state index contributed by atoms with van der Waals surface area (Å²) in [6.07, 6.45) is -3.05. The van der Waals surface area contributed by atoms with Crippen molar-refractivity contribution >= 4 is 28.9 Å². The number of carbonyl (C=O) groups is 2. The average Bonchev–Trinajstić information content (AvgIpc) is 3.17. The fourth-order valence-electron chi connectivity index (χ4n) is 3.09. The number of rotatable bonds is 3. The summed E-state index contributed by atoms with van der Waals surface area (Å²) >= 11 is 0. The van der Waals surface area contributed by atoms with Gasteiger partial charge < -0.3 is 26.0 Å². The summed E-state index contributed by atoms with van der Waals surface area (Å²) in [6, 6.07) is -0.618. The van der Waals surface area contributed by atoms with E-state index in [2.05, 4.69) is 20.3 Å². The van der Waals surface area contributed by atoms with Crippen LogP contribution in [0.5, 0.6) is 0 Å². The van der Waals surface area contributed by atoms with Gasteiger partial charge in [0.05, 0.1) is 6.33 Å². The number of nitrogens with two attached hydrogens (primary N) is 1. The number of imidazole rings is 1. The Hall–Kier alpha value is -2.83. The van der Waals surface area contributed by atoms with Gasteiger partial charge in [0, 0.05) is 12.1 Å². The largest absolute Gasteiger partial charge is 0.387 e. The van der Waals surface area contributed by atoms with Gasteiger partial charge in [-0.05, 0) is 27.7 Å². The molecule has 0 aliphatic carbocycles. The Balaban J connectivity index is 1.85. The molecule has 1 fully saturated rings. The van der Waals surface area contributed by atoms with Crippen LogP contribution in [-0.4, -0.2) is 77.0 Å². The summed E-state index contributed by atoms with van der Waals surface area (Å²) in [7, 11) is 0.